The van der Waals surface area contributed by atoms with Gasteiger partial charge in [-0.2, -0.15) is 5.26 Å². The predicted molar refractivity (Wildman–Crippen MR) is 52.1 cm³/mol. The van der Waals surface area contributed by atoms with E-state index in [1.165, 1.54) is 6.39 Å². The van der Waals surface area contributed by atoms with E-state index in [9.17, 15) is 0 Å². The minimum Gasteiger partial charge on any atom is -0.443 e. The lowest BCUT2D eigenvalue weighted by Crippen LogP contribution is -2.45. The van der Waals surface area contributed by atoms with Crippen molar-refractivity contribution in [2.24, 2.45) is 0 Å². The summed E-state index contributed by atoms with van der Waals surface area (Å²) in [5.74, 6) is 0. The van der Waals surface area contributed by atoms with Crippen LogP contribution in [0.25, 0.3) is 11.1 Å². The van der Waals surface area contributed by atoms with Crippen molar-refractivity contribution in [2.45, 2.75) is 5.41 Å². The van der Waals surface area contributed by atoms with Crippen LogP contribution in [0, 0.1) is 11.3 Å². The number of nitriles is 1. The summed E-state index contributed by atoms with van der Waals surface area (Å²) in [5, 5.41) is 9.14. The Morgan fingerprint density at radius 1 is 1.40 bits per heavy atom. The molecule has 0 radical (unpaired) electrons. The van der Waals surface area contributed by atoms with Crippen LogP contribution in [0.4, 0.5) is 0 Å². The molecular weight excluding hydrogens is 192 g/mol. The SMILES string of the molecule is N#CC1(c2ccc3ncoc3c2)COC1. The Morgan fingerprint density at radius 2 is 2.27 bits per heavy atom. The van der Waals surface area contributed by atoms with Crippen LogP contribution >= 0.6 is 0 Å². The van der Waals surface area contributed by atoms with E-state index in [1.54, 1.807) is 0 Å². The molecule has 0 spiro atoms. The third-order valence-electron chi connectivity index (χ3n) is 2.79. The highest BCUT2D eigenvalue weighted by Crippen LogP contribution is 2.33. The number of fused-ring (bicyclic) bond motifs is 1. The fourth-order valence-corrected chi connectivity index (χ4v) is 1.75. The highest BCUT2D eigenvalue weighted by atomic mass is 16.5. The van der Waals surface area contributed by atoms with Crippen LogP contribution in [0.2, 0.25) is 0 Å². The maximum absolute atomic E-state index is 9.14. The van der Waals surface area contributed by atoms with E-state index < -0.39 is 5.41 Å². The summed E-state index contributed by atoms with van der Waals surface area (Å²) in [6, 6.07) is 7.95. The first-order valence-corrected chi connectivity index (χ1v) is 4.67. The Balaban J connectivity index is 2.15. The van der Waals surface area contributed by atoms with Gasteiger partial charge in [-0.15, -0.1) is 0 Å². The third kappa shape index (κ3) is 1.07. The van der Waals surface area contributed by atoms with Gasteiger partial charge in [0.1, 0.15) is 10.9 Å². The molecule has 2 aromatic rings. The molecule has 0 atom stereocenters. The van der Waals surface area contributed by atoms with Crippen molar-refractivity contribution < 1.29 is 9.15 Å². The van der Waals surface area contributed by atoms with E-state index in [2.05, 4.69) is 11.1 Å². The Labute approximate surface area is 86.1 Å². The molecule has 4 nitrogen and oxygen atoms in total. The summed E-state index contributed by atoms with van der Waals surface area (Å²) >= 11 is 0. The van der Waals surface area contributed by atoms with Crippen molar-refractivity contribution in [1.29, 1.82) is 5.26 Å². The van der Waals surface area contributed by atoms with Crippen LogP contribution in [0.15, 0.2) is 29.0 Å². The van der Waals surface area contributed by atoms with Gasteiger partial charge >= 0.3 is 0 Å². The highest BCUT2D eigenvalue weighted by Gasteiger charge is 2.41. The first-order valence-electron chi connectivity index (χ1n) is 4.67. The standard InChI is InChI=1S/C11H8N2O2/c12-4-11(5-14-6-11)8-1-2-9-10(3-8)15-7-13-9/h1-3,7H,5-6H2. The molecule has 0 saturated carbocycles. The van der Waals surface area contributed by atoms with Gasteiger partial charge < -0.3 is 9.15 Å². The number of nitrogens with zero attached hydrogens (tertiary/aromatic N) is 2. The van der Waals surface area contributed by atoms with E-state index >= 15 is 0 Å². The van der Waals surface area contributed by atoms with E-state index in [4.69, 9.17) is 14.4 Å². The number of hydrogen-bond acceptors (Lipinski definition) is 4. The lowest BCUT2D eigenvalue weighted by Gasteiger charge is -2.35. The van der Waals surface area contributed by atoms with E-state index in [0.29, 0.717) is 18.8 Å². The molecule has 4 heteroatoms. The zero-order valence-electron chi connectivity index (χ0n) is 7.93. The quantitative estimate of drug-likeness (QED) is 0.701. The summed E-state index contributed by atoms with van der Waals surface area (Å²) in [4.78, 5) is 4.03. The van der Waals surface area contributed by atoms with E-state index in [0.717, 1.165) is 11.1 Å². The molecule has 3 rings (SSSR count). The Kier molecular flexibility index (Phi) is 1.58. The lowest BCUT2D eigenvalue weighted by molar-refractivity contribution is -0.0297. The number of benzene rings is 1. The summed E-state index contributed by atoms with van der Waals surface area (Å²) in [5.41, 5.74) is 1.99. The molecule has 2 heterocycles. The van der Waals surface area contributed by atoms with Crippen molar-refractivity contribution in [3.8, 4) is 6.07 Å². The highest BCUT2D eigenvalue weighted by molar-refractivity contribution is 5.73. The molecule has 74 valence electrons. The first-order chi connectivity index (χ1) is 7.34. The number of aromatic nitrogens is 1. The number of rotatable bonds is 1. The Bertz CT molecular complexity index is 549. The lowest BCUT2D eigenvalue weighted by atomic mass is 9.80. The fraction of sp³-hybridized carbons (Fsp3) is 0.273. The smallest absolute Gasteiger partial charge is 0.181 e. The average molecular weight is 200 g/mol. The molecule has 0 amide bonds. The van der Waals surface area contributed by atoms with Gasteiger partial charge in [0, 0.05) is 0 Å². The molecule has 1 aliphatic rings. The number of hydrogen-bond donors (Lipinski definition) is 0. The molecule has 0 unspecified atom stereocenters. The van der Waals surface area contributed by atoms with Crippen molar-refractivity contribution in [1.82, 2.24) is 4.98 Å². The first kappa shape index (κ1) is 8.45. The minimum absolute atomic E-state index is 0.461. The molecule has 1 aromatic heterocycles. The average Bonchev–Trinajstić information content (AvgIpc) is 2.64. The van der Waals surface area contributed by atoms with Gasteiger partial charge in [-0.3, -0.25) is 0 Å². The normalized spacial score (nSPS) is 18.3. The van der Waals surface area contributed by atoms with Crippen LogP contribution in [0.1, 0.15) is 5.56 Å². The van der Waals surface area contributed by atoms with Crippen LogP contribution < -0.4 is 0 Å². The summed E-state index contributed by atoms with van der Waals surface area (Å²) in [6.45, 7) is 0.923. The van der Waals surface area contributed by atoms with Crippen molar-refractivity contribution >= 4 is 11.1 Å². The van der Waals surface area contributed by atoms with Crippen LogP contribution in [0.5, 0.6) is 0 Å². The second kappa shape index (κ2) is 2.81. The van der Waals surface area contributed by atoms with Crippen molar-refractivity contribution in [2.75, 3.05) is 13.2 Å². The van der Waals surface area contributed by atoms with Gasteiger partial charge in [0.2, 0.25) is 0 Å². The predicted octanol–water partition coefficient (Wildman–Crippen LogP) is 1.62. The molecule has 1 saturated heterocycles. The van der Waals surface area contributed by atoms with E-state index in [1.807, 2.05) is 18.2 Å². The Hall–Kier alpha value is -1.86. The van der Waals surface area contributed by atoms with Gasteiger partial charge in [-0.1, -0.05) is 6.07 Å². The minimum atomic E-state index is -0.485. The number of oxazole rings is 1. The molecule has 0 aliphatic carbocycles. The largest absolute Gasteiger partial charge is 0.443 e. The van der Waals surface area contributed by atoms with Gasteiger partial charge in [-0.05, 0) is 17.7 Å². The van der Waals surface area contributed by atoms with Gasteiger partial charge in [0.15, 0.2) is 12.0 Å². The molecule has 1 aromatic carbocycles. The summed E-state index contributed by atoms with van der Waals surface area (Å²) in [7, 11) is 0. The maximum atomic E-state index is 9.14. The summed E-state index contributed by atoms with van der Waals surface area (Å²) in [6.07, 6.45) is 1.41. The van der Waals surface area contributed by atoms with Gasteiger partial charge in [0.05, 0.1) is 19.3 Å². The maximum Gasteiger partial charge on any atom is 0.181 e. The zero-order valence-corrected chi connectivity index (χ0v) is 7.93. The van der Waals surface area contributed by atoms with Crippen molar-refractivity contribution in [3.63, 3.8) is 0 Å². The molecule has 15 heavy (non-hydrogen) atoms. The molecule has 1 aliphatic heterocycles. The molecule has 0 N–H and O–H groups in total. The molecule has 1 fully saturated rings. The van der Waals surface area contributed by atoms with Crippen molar-refractivity contribution in [3.05, 3.63) is 30.2 Å². The van der Waals surface area contributed by atoms with Gasteiger partial charge in [0.25, 0.3) is 0 Å². The molecular formula is C11H8N2O2. The third-order valence-corrected chi connectivity index (χ3v) is 2.79. The molecule has 0 bridgehead atoms. The van der Waals surface area contributed by atoms with Crippen LogP contribution in [0.3, 0.4) is 0 Å². The van der Waals surface area contributed by atoms with Gasteiger partial charge in [-0.25, -0.2) is 4.98 Å². The van der Waals surface area contributed by atoms with Crippen LogP contribution in [-0.4, -0.2) is 18.2 Å². The zero-order chi connectivity index (χ0) is 10.3. The second-order valence-electron chi connectivity index (χ2n) is 3.72. The Morgan fingerprint density at radius 3 is 2.93 bits per heavy atom. The fourth-order valence-electron chi connectivity index (χ4n) is 1.75. The number of ether oxygens (including phenoxy) is 1. The summed E-state index contributed by atoms with van der Waals surface area (Å²) < 4.78 is 10.3. The van der Waals surface area contributed by atoms with E-state index in [-0.39, 0.29) is 0 Å². The topological polar surface area (TPSA) is 59.0 Å². The monoisotopic (exact) mass is 200 g/mol. The second-order valence-corrected chi connectivity index (χ2v) is 3.72. The van der Waals surface area contributed by atoms with Crippen LogP contribution in [-0.2, 0) is 10.2 Å².